The number of carbonyl (C=O) groups is 9. The van der Waals surface area contributed by atoms with Crippen LogP contribution in [0.1, 0.15) is 134 Å². The second-order valence-electron chi connectivity index (χ2n) is 32.8. The predicted octanol–water partition coefficient (Wildman–Crippen LogP) is 14.6. The van der Waals surface area contributed by atoms with Gasteiger partial charge in [-0.2, -0.15) is 46.3 Å². The van der Waals surface area contributed by atoms with Crippen molar-refractivity contribution in [1.29, 1.82) is 0 Å². The Kier molecular flexibility index (Phi) is 55.3. The van der Waals surface area contributed by atoms with E-state index < -0.39 is 78.5 Å². The fourth-order valence-corrected chi connectivity index (χ4v) is 15.0. The number of halogens is 8. The van der Waals surface area contributed by atoms with Crippen molar-refractivity contribution < 1.29 is 120 Å². The first-order valence-electron chi connectivity index (χ1n) is 43.3. The fourth-order valence-electron chi connectivity index (χ4n) is 12.2. The first kappa shape index (κ1) is 122. The zero-order valence-corrected chi connectivity index (χ0v) is 88.3. The molecule has 140 heavy (non-hydrogen) atoms. The number of ether oxygens (including phenoxy) is 6. The van der Waals surface area contributed by atoms with Gasteiger partial charge in [0.1, 0.15) is 67.6 Å². The molecule has 6 aromatic carbocycles. The molecule has 8 N–H and O–H groups in total. The van der Waals surface area contributed by atoms with Gasteiger partial charge in [0, 0.05) is 111 Å². The Morgan fingerprint density at radius 2 is 0.864 bits per heavy atom. The summed E-state index contributed by atoms with van der Waals surface area (Å²) in [4.78, 5) is 111. The zero-order valence-electron chi connectivity index (χ0n) is 80.0. The number of hydrogen-bond acceptors (Lipinski definition) is 28. The number of amides is 7. The largest absolute Gasteiger partial charge is 1.00 e. The molecule has 0 unspecified atom stereocenters. The maximum atomic E-state index is 15.2. The summed E-state index contributed by atoms with van der Waals surface area (Å²) >= 11 is 18.2. The molecule has 3 aliphatic rings. The standard InChI is InChI=1S/C28H33FN6O5S.C23H25FN6O3S.C19H18ClFN2O3.C10H17N3O2S.C8H15BrO2.C2H3N3S.CH3F.CH4.2ClH.Na/c1-18(36)30-14-22-17-35(27(38)39-22)21-9-10-23(24(29)13-21)20-7-5-19(6-8-20)16-34(26(37)40-28(2,3)4)11-12-41-25-15-31-33-32-25;1-15(31)26-12-19-14-30(23(32)33-19)18-6-7-20(21(24)10-18)17-4-2-16(3-5-17)11-25-8-9-34-22-13-27-29-28-22;1-12(24)22-10-16-11-23(19(25)26-16)15-6-7-17(18(21)8-15)14-4-2-13(9-20)3-5-14;1-10(2,3)15-9(14)5-4-6-16-8-7-11-13-12-8;1-8(2,3)11-7(10)5-4-6-9;6-2-1-3-5-4-2;1-2;;;;/h5-10,13,15,22H,11-12,14,16-17H2,1-4H3,(H,30,36)(H,31,32,33);2-7,10,13,19,25H,8-9,11-12,14H2,1H3,(H,26,31)(H,27,28,29);2-8,16H,9-11H2,1H3,(H,22,24);7H,4-6H2,1-3H3,(H,11,12,13);4-6H2,1-3H3;1H,(H2,3,4,5,6);1H3;1H4;2*1H;/q;;;;;;;;;;+1/p-1/t22-;19-;16-;;;;;;;;/m000......../s1/i;;;;;;1D;;;;. The molecule has 0 spiro atoms. The minimum absolute atomic E-state index is 0. The molecular weight excluding hydrogens is 2040 g/mol. The molecule has 3 fully saturated rings. The van der Waals surface area contributed by atoms with Gasteiger partial charge < -0.3 is 67.2 Å². The molecule has 35 nitrogen and oxygen atoms in total. The summed E-state index contributed by atoms with van der Waals surface area (Å²) in [6.07, 6.45) is 5.46. The second kappa shape index (κ2) is 63.5. The molecule has 13 rings (SSSR count). The number of rotatable bonds is 33. The molecule has 3 atom stereocenters. The minimum Gasteiger partial charge on any atom is -0.757 e. The molecule has 4 aromatic heterocycles. The van der Waals surface area contributed by atoms with Crippen molar-refractivity contribution in [1.82, 2.24) is 87.8 Å². The Hall–Kier alpha value is -10.4. The van der Waals surface area contributed by atoms with Gasteiger partial charge in [-0.15, -0.1) is 87.0 Å². The molecule has 3 saturated heterocycles. The topological polar surface area (TPSA) is 436 Å². The molecule has 0 bridgehead atoms. The van der Waals surface area contributed by atoms with Crippen LogP contribution in [0.15, 0.2) is 172 Å². The van der Waals surface area contributed by atoms with Crippen molar-refractivity contribution >= 4 is 171 Å². The minimum atomic E-state index is -1.00. The number of aromatic nitrogens is 12. The molecular formula is C92H119BrCl3F4N20NaO15S4. The fraction of sp³-hybridized carbons (Fsp3) is 0.424. The van der Waals surface area contributed by atoms with E-state index in [2.05, 4.69) is 111 Å². The number of esters is 2. The van der Waals surface area contributed by atoms with E-state index in [9.17, 15) is 56.3 Å². The number of hydrogen-bond donors (Lipinski definition) is 8. The van der Waals surface area contributed by atoms with Crippen LogP contribution in [0.5, 0.6) is 0 Å². The Morgan fingerprint density at radius 1 is 0.521 bits per heavy atom. The van der Waals surface area contributed by atoms with Gasteiger partial charge >= 0.3 is 65.9 Å². The summed E-state index contributed by atoms with van der Waals surface area (Å²) in [5.41, 5.74) is 6.13. The maximum absolute atomic E-state index is 15.2. The number of aromatic amines is 4. The van der Waals surface area contributed by atoms with Gasteiger partial charge in [-0.1, -0.05) is 96.2 Å². The van der Waals surface area contributed by atoms with Crippen LogP contribution in [0.4, 0.5) is 53.8 Å². The number of nitrogens with one attached hydrogen (secondary N) is 8. The Morgan fingerprint density at radius 3 is 1.18 bits per heavy atom. The van der Waals surface area contributed by atoms with Crippen molar-refractivity contribution in [3.05, 3.63) is 186 Å². The van der Waals surface area contributed by atoms with Gasteiger partial charge in [0.15, 0.2) is 0 Å². The molecule has 0 saturated carbocycles. The summed E-state index contributed by atoms with van der Waals surface area (Å²) < 4.78 is 91.8. The monoisotopic (exact) mass is 2160 g/mol. The molecule has 48 heteroatoms. The smallest absolute Gasteiger partial charge is 0.757 e. The van der Waals surface area contributed by atoms with Gasteiger partial charge in [-0.25, -0.2) is 32.3 Å². The van der Waals surface area contributed by atoms with Gasteiger partial charge in [-0.05, 0) is 168 Å². The predicted molar refractivity (Wildman–Crippen MR) is 538 cm³/mol. The van der Waals surface area contributed by atoms with Crippen molar-refractivity contribution in [3.63, 3.8) is 0 Å². The average Bonchev–Trinajstić information content (AvgIpc) is 1.79. The van der Waals surface area contributed by atoms with Gasteiger partial charge in [0.2, 0.25) is 17.7 Å². The third kappa shape index (κ3) is 45.7. The SMILES string of the molecule is C.CC(=O)NC[C@H]1CN(c2ccc(-c3ccc(CCl)cc3)c(F)c2)C(=O)O1.CC(=O)NC[C@H]1CN(c2ccc(-c3ccc(CN(CCSc4cn[nH]n4)C(=O)OC(C)(C)C)cc3)c(F)c2)C(=O)O1.CC(=O)NC[C@H]1CN(c2ccc(-c3ccc(CNCCSc4cn[nH]n4)cc3)c(F)c2)C(=O)O1.CC(C)(C)OC(=O)CCCBr.CC(C)(C)OC(=O)CCCSc1cn[nH]n1.Cl.Cl.[2H]CF.[Na+].[S-]c1cn[nH]n1. The van der Waals surface area contributed by atoms with Crippen molar-refractivity contribution in [2.24, 2.45) is 0 Å². The Balaban J connectivity index is 0.000000462. The van der Waals surface area contributed by atoms with Crippen molar-refractivity contribution in [3.8, 4) is 33.4 Å². The number of cyclic esters (lactones) is 3. The summed E-state index contributed by atoms with van der Waals surface area (Å²) in [5.74, 6) is 0.485. The van der Waals surface area contributed by atoms with Crippen LogP contribution in [0, 0.1) is 17.5 Å². The number of benzene rings is 6. The molecule has 10 aromatic rings. The third-order valence-electron chi connectivity index (χ3n) is 18.3. The number of carbonyl (C=O) groups excluding carboxylic acids is 9. The van der Waals surface area contributed by atoms with Crippen LogP contribution in [0.25, 0.3) is 33.4 Å². The van der Waals surface area contributed by atoms with Crippen LogP contribution in [-0.4, -0.2) is 238 Å². The van der Waals surface area contributed by atoms with Crippen molar-refractivity contribution in [2.75, 3.05) is 96.8 Å². The Bertz CT molecular complexity index is 5440. The average molecular weight is 2160 g/mol. The summed E-state index contributed by atoms with van der Waals surface area (Å²) in [7, 11) is -1.00. The van der Waals surface area contributed by atoms with E-state index in [1.54, 1.807) is 95.5 Å². The van der Waals surface area contributed by atoms with E-state index in [0.717, 1.165) is 79.1 Å². The van der Waals surface area contributed by atoms with Crippen LogP contribution in [0.2, 0.25) is 0 Å². The van der Waals surface area contributed by atoms with E-state index in [4.69, 9.17) is 41.4 Å². The van der Waals surface area contributed by atoms with Crippen LogP contribution < -0.4 is 65.5 Å². The van der Waals surface area contributed by atoms with E-state index in [1.807, 2.05) is 123 Å². The van der Waals surface area contributed by atoms with E-state index >= 15 is 4.39 Å². The molecule has 0 radical (unpaired) electrons. The number of alkyl halides is 3. The number of nitrogens with zero attached hydrogens (tertiary/aromatic N) is 12. The Labute approximate surface area is 879 Å². The molecule has 7 heterocycles. The summed E-state index contributed by atoms with van der Waals surface area (Å²) in [6.45, 7) is 24.5. The first-order chi connectivity index (χ1) is 65.2. The summed E-state index contributed by atoms with van der Waals surface area (Å²) in [5, 5.41) is 55.2. The summed E-state index contributed by atoms with van der Waals surface area (Å²) in [6, 6.07) is 36.1. The maximum Gasteiger partial charge on any atom is 1.00 e. The van der Waals surface area contributed by atoms with Gasteiger partial charge in [-0.3, -0.25) is 43.1 Å². The third-order valence-corrected chi connectivity index (χ3v) is 22.1. The van der Waals surface area contributed by atoms with E-state index in [-0.39, 0.29) is 136 Å². The molecule has 7 amide bonds. The van der Waals surface area contributed by atoms with Gasteiger partial charge in [0.25, 0.3) is 0 Å². The van der Waals surface area contributed by atoms with E-state index in [0.29, 0.717) is 88.5 Å². The van der Waals surface area contributed by atoms with E-state index in [1.165, 1.54) is 71.6 Å². The normalized spacial score (nSPS) is 13.9. The number of thioether (sulfide) groups is 3. The second-order valence-corrected chi connectivity index (χ2v) is 37.6. The molecule has 758 valence electrons. The number of anilines is 3. The van der Waals surface area contributed by atoms with Crippen LogP contribution in [-0.2, 0) is 84.0 Å². The molecule has 0 aliphatic carbocycles. The first-order valence-corrected chi connectivity index (χ1v) is 47.6. The number of H-pyrrole nitrogens is 4. The van der Waals surface area contributed by atoms with Crippen molar-refractivity contribution in [2.45, 2.75) is 190 Å². The van der Waals surface area contributed by atoms with Crippen LogP contribution in [0.3, 0.4) is 0 Å². The van der Waals surface area contributed by atoms with Gasteiger partial charge in [0.05, 0.1) is 83.4 Å². The van der Waals surface area contributed by atoms with Crippen LogP contribution >= 0.6 is 87.6 Å². The quantitative estimate of drug-likeness (QED) is 0.00277. The molecule has 3 aliphatic heterocycles. The zero-order chi connectivity index (χ0) is 100.